The Morgan fingerprint density at radius 3 is 2.71 bits per heavy atom. The number of ketones is 1. The van der Waals surface area contributed by atoms with Crippen LogP contribution < -0.4 is 10.6 Å². The Hall–Kier alpha value is -1.65. The van der Waals surface area contributed by atoms with Gasteiger partial charge in [0, 0.05) is 32.1 Å². The van der Waals surface area contributed by atoms with E-state index in [4.69, 9.17) is 5.73 Å². The number of nitrogen functional groups attached to an aromatic ring is 1. The maximum absolute atomic E-state index is 11.0. The molecule has 0 amide bonds. The Balaban J connectivity index is 2.12. The fraction of sp³-hybridized carbons (Fsp3) is 0.444. The van der Waals surface area contributed by atoms with E-state index >= 15 is 0 Å². The summed E-state index contributed by atoms with van der Waals surface area (Å²) in [6.07, 6.45) is 2.84. The Bertz CT molecular complexity index is 342. The third kappa shape index (κ3) is 1.81. The van der Waals surface area contributed by atoms with Crippen molar-refractivity contribution in [3.8, 4) is 0 Å². The molecule has 0 atom stereocenters. The zero-order valence-electron chi connectivity index (χ0n) is 7.81. The molecule has 0 spiro atoms. The van der Waals surface area contributed by atoms with E-state index in [1.807, 2.05) is 6.07 Å². The molecule has 0 radical (unpaired) electrons. The van der Waals surface area contributed by atoms with E-state index in [-0.39, 0.29) is 5.95 Å². The number of aromatic nitrogens is 2. The van der Waals surface area contributed by atoms with Gasteiger partial charge in [0.15, 0.2) is 0 Å². The van der Waals surface area contributed by atoms with Crippen LogP contribution in [0.4, 0.5) is 11.8 Å². The van der Waals surface area contributed by atoms with Gasteiger partial charge in [0.05, 0.1) is 0 Å². The molecule has 1 aliphatic rings. The zero-order valence-corrected chi connectivity index (χ0v) is 7.81. The van der Waals surface area contributed by atoms with Gasteiger partial charge < -0.3 is 10.6 Å². The van der Waals surface area contributed by atoms with Crippen molar-refractivity contribution in [2.24, 2.45) is 0 Å². The third-order valence-electron chi connectivity index (χ3n) is 2.30. The topological polar surface area (TPSA) is 72.1 Å². The predicted molar refractivity (Wildman–Crippen MR) is 52.9 cm³/mol. The van der Waals surface area contributed by atoms with Crippen LogP contribution in [0.3, 0.4) is 0 Å². The van der Waals surface area contributed by atoms with E-state index in [1.54, 1.807) is 6.20 Å². The van der Waals surface area contributed by atoms with Crippen LogP contribution in [0.15, 0.2) is 12.3 Å². The maximum atomic E-state index is 11.0. The average molecular weight is 192 g/mol. The molecule has 0 aromatic carbocycles. The van der Waals surface area contributed by atoms with Gasteiger partial charge in [-0.2, -0.15) is 4.98 Å². The van der Waals surface area contributed by atoms with E-state index in [2.05, 4.69) is 14.9 Å². The average Bonchev–Trinajstić information content (AvgIpc) is 2.19. The summed E-state index contributed by atoms with van der Waals surface area (Å²) < 4.78 is 0. The molecule has 0 bridgehead atoms. The van der Waals surface area contributed by atoms with Crippen molar-refractivity contribution < 1.29 is 4.79 Å². The van der Waals surface area contributed by atoms with Crippen LogP contribution in [0.25, 0.3) is 0 Å². The van der Waals surface area contributed by atoms with Crippen LogP contribution in [0.2, 0.25) is 0 Å². The molecule has 1 fully saturated rings. The molecule has 2 N–H and O–H groups in total. The molecule has 5 nitrogen and oxygen atoms in total. The van der Waals surface area contributed by atoms with Crippen LogP contribution in [-0.4, -0.2) is 28.8 Å². The van der Waals surface area contributed by atoms with Gasteiger partial charge in [0.1, 0.15) is 11.6 Å². The van der Waals surface area contributed by atoms with Crippen molar-refractivity contribution in [1.29, 1.82) is 0 Å². The van der Waals surface area contributed by atoms with Crippen LogP contribution >= 0.6 is 0 Å². The van der Waals surface area contributed by atoms with Crippen molar-refractivity contribution in [1.82, 2.24) is 9.97 Å². The predicted octanol–water partition coefficient (Wildman–Crippen LogP) is 0.228. The summed E-state index contributed by atoms with van der Waals surface area (Å²) in [6.45, 7) is 1.46. The number of hydrogen-bond acceptors (Lipinski definition) is 5. The van der Waals surface area contributed by atoms with Crippen molar-refractivity contribution >= 4 is 17.5 Å². The molecule has 0 saturated carbocycles. The molecule has 0 aliphatic carbocycles. The summed E-state index contributed by atoms with van der Waals surface area (Å²) in [5, 5.41) is 0. The molecule has 14 heavy (non-hydrogen) atoms. The molecule has 5 heteroatoms. The fourth-order valence-electron chi connectivity index (χ4n) is 1.53. The van der Waals surface area contributed by atoms with Gasteiger partial charge in [-0.25, -0.2) is 4.98 Å². The fourth-order valence-corrected chi connectivity index (χ4v) is 1.53. The molecule has 1 aromatic heterocycles. The summed E-state index contributed by atoms with van der Waals surface area (Å²) in [4.78, 5) is 21.0. The summed E-state index contributed by atoms with van der Waals surface area (Å²) in [5.41, 5.74) is 5.48. The third-order valence-corrected chi connectivity index (χ3v) is 2.30. The van der Waals surface area contributed by atoms with Crippen LogP contribution in [0.5, 0.6) is 0 Å². The molecule has 74 valence electrons. The molecular weight excluding hydrogens is 180 g/mol. The number of nitrogens with two attached hydrogens (primary N) is 1. The van der Waals surface area contributed by atoms with Gasteiger partial charge in [-0.3, -0.25) is 4.79 Å². The number of anilines is 2. The molecule has 1 aliphatic heterocycles. The molecule has 2 heterocycles. The van der Waals surface area contributed by atoms with Crippen molar-refractivity contribution in [3.05, 3.63) is 12.3 Å². The first-order chi connectivity index (χ1) is 6.75. The Morgan fingerprint density at radius 1 is 1.36 bits per heavy atom. The van der Waals surface area contributed by atoms with Crippen LogP contribution in [-0.2, 0) is 4.79 Å². The van der Waals surface area contributed by atoms with E-state index in [1.165, 1.54) is 0 Å². The number of carbonyl (C=O) groups excluding carboxylic acids is 1. The summed E-state index contributed by atoms with van der Waals surface area (Å²) in [5.74, 6) is 1.41. The van der Waals surface area contributed by atoms with E-state index in [9.17, 15) is 4.79 Å². The van der Waals surface area contributed by atoms with E-state index < -0.39 is 0 Å². The lowest BCUT2D eigenvalue weighted by Gasteiger charge is -2.26. The van der Waals surface area contributed by atoms with Crippen molar-refractivity contribution in [3.63, 3.8) is 0 Å². The quantitative estimate of drug-likeness (QED) is 0.689. The Morgan fingerprint density at radius 2 is 2.07 bits per heavy atom. The second-order valence-corrected chi connectivity index (χ2v) is 3.30. The molecule has 1 aromatic rings. The van der Waals surface area contributed by atoms with Crippen molar-refractivity contribution in [2.75, 3.05) is 23.7 Å². The second-order valence-electron chi connectivity index (χ2n) is 3.30. The highest BCUT2D eigenvalue weighted by molar-refractivity contribution is 5.80. The van der Waals surface area contributed by atoms with Gasteiger partial charge in [-0.05, 0) is 6.07 Å². The van der Waals surface area contributed by atoms with E-state index in [0.717, 1.165) is 18.9 Å². The lowest BCUT2D eigenvalue weighted by Crippen LogP contribution is -2.34. The molecular formula is C9H12N4O. The first-order valence-electron chi connectivity index (χ1n) is 4.61. The highest BCUT2D eigenvalue weighted by atomic mass is 16.1. The van der Waals surface area contributed by atoms with Crippen molar-refractivity contribution in [2.45, 2.75) is 12.8 Å². The van der Waals surface area contributed by atoms with Gasteiger partial charge in [0.2, 0.25) is 5.95 Å². The SMILES string of the molecule is Nc1nccc(N2CCC(=O)CC2)n1. The number of hydrogen-bond donors (Lipinski definition) is 1. The van der Waals surface area contributed by atoms with Gasteiger partial charge >= 0.3 is 0 Å². The molecule has 0 unspecified atom stereocenters. The van der Waals surface area contributed by atoms with Crippen LogP contribution in [0, 0.1) is 0 Å². The first-order valence-corrected chi connectivity index (χ1v) is 4.61. The number of Topliss-reactive ketones (excluding diaryl/α,β-unsaturated/α-hetero) is 1. The van der Waals surface area contributed by atoms with Gasteiger partial charge in [-0.15, -0.1) is 0 Å². The zero-order chi connectivity index (χ0) is 9.97. The lowest BCUT2D eigenvalue weighted by atomic mass is 10.1. The number of carbonyl (C=O) groups is 1. The Kier molecular flexibility index (Phi) is 2.30. The monoisotopic (exact) mass is 192 g/mol. The normalized spacial score (nSPS) is 17.1. The standard InChI is InChI=1S/C9H12N4O/c10-9-11-4-1-8(12-9)13-5-2-7(14)3-6-13/h1,4H,2-3,5-6H2,(H2,10,11,12). The minimum Gasteiger partial charge on any atom is -0.368 e. The lowest BCUT2D eigenvalue weighted by molar-refractivity contribution is -0.119. The first kappa shape index (κ1) is 8.93. The minimum absolute atomic E-state index is 0.277. The van der Waals surface area contributed by atoms with E-state index in [0.29, 0.717) is 18.6 Å². The molecule has 1 saturated heterocycles. The van der Waals surface area contributed by atoms with Gasteiger partial charge in [-0.1, -0.05) is 0 Å². The summed E-state index contributed by atoms with van der Waals surface area (Å²) in [6, 6.07) is 1.81. The smallest absolute Gasteiger partial charge is 0.221 e. The highest BCUT2D eigenvalue weighted by Crippen LogP contribution is 2.15. The summed E-state index contributed by atoms with van der Waals surface area (Å²) in [7, 11) is 0. The van der Waals surface area contributed by atoms with Crippen LogP contribution in [0.1, 0.15) is 12.8 Å². The Labute approximate surface area is 82.0 Å². The number of rotatable bonds is 1. The minimum atomic E-state index is 0.277. The summed E-state index contributed by atoms with van der Waals surface area (Å²) >= 11 is 0. The largest absolute Gasteiger partial charge is 0.368 e. The second kappa shape index (κ2) is 3.61. The number of piperidine rings is 1. The number of nitrogens with zero attached hydrogens (tertiary/aromatic N) is 3. The molecule has 2 rings (SSSR count). The maximum Gasteiger partial charge on any atom is 0.221 e. The highest BCUT2D eigenvalue weighted by Gasteiger charge is 2.17. The van der Waals surface area contributed by atoms with Gasteiger partial charge in [0.25, 0.3) is 0 Å².